The second kappa shape index (κ2) is 5.48. The van der Waals surface area contributed by atoms with E-state index in [0.29, 0.717) is 0 Å². The van der Waals surface area contributed by atoms with Crippen LogP contribution in [0, 0.1) is 0 Å². The van der Waals surface area contributed by atoms with Crippen molar-refractivity contribution in [2.75, 3.05) is 27.2 Å². The molecule has 0 radical (unpaired) electrons. The molecule has 0 aromatic carbocycles. The van der Waals surface area contributed by atoms with Gasteiger partial charge in [0.05, 0.1) is 13.6 Å². The van der Waals surface area contributed by atoms with E-state index in [9.17, 15) is 0 Å². The van der Waals surface area contributed by atoms with E-state index < -0.39 is 0 Å². The van der Waals surface area contributed by atoms with Crippen LogP contribution in [0.1, 0.15) is 6.42 Å². The molecule has 0 aromatic heterocycles. The molecule has 0 aliphatic carbocycles. The molecule has 52 valence electrons. The van der Waals surface area contributed by atoms with Crippen molar-refractivity contribution in [1.29, 1.82) is 0 Å². The molecule has 2 N–H and O–H groups in total. The molecule has 3 nitrogen and oxygen atoms in total. The van der Waals surface area contributed by atoms with Crippen LogP contribution in [0.2, 0.25) is 0 Å². The summed E-state index contributed by atoms with van der Waals surface area (Å²) in [6.07, 6.45) is 0.999. The summed E-state index contributed by atoms with van der Waals surface area (Å²) in [6.45, 7) is 1.67. The van der Waals surface area contributed by atoms with Crippen molar-refractivity contribution in [2.45, 2.75) is 6.42 Å². The SMILES string of the molecule is CN=C=[N+](C)CCCN. The van der Waals surface area contributed by atoms with Crippen molar-refractivity contribution in [1.82, 2.24) is 0 Å². The molecule has 0 aromatic rings. The lowest BCUT2D eigenvalue weighted by Gasteiger charge is -1.90. The van der Waals surface area contributed by atoms with Gasteiger partial charge in [-0.15, -0.1) is 0 Å². The number of nitrogens with zero attached hydrogens (tertiary/aromatic N) is 2. The highest BCUT2D eigenvalue weighted by molar-refractivity contribution is 5.33. The first-order chi connectivity index (χ1) is 4.31. The summed E-state index contributed by atoms with van der Waals surface area (Å²) in [7, 11) is 3.64. The van der Waals surface area contributed by atoms with E-state index in [1.807, 2.05) is 11.6 Å². The minimum Gasteiger partial charge on any atom is -0.330 e. The van der Waals surface area contributed by atoms with Crippen molar-refractivity contribution in [3.63, 3.8) is 0 Å². The maximum Gasteiger partial charge on any atom is 0.305 e. The van der Waals surface area contributed by atoms with Crippen LogP contribution in [0.5, 0.6) is 0 Å². The Bertz CT molecular complexity index is 122. The zero-order chi connectivity index (χ0) is 7.11. The van der Waals surface area contributed by atoms with Crippen LogP contribution in [0.15, 0.2) is 4.99 Å². The van der Waals surface area contributed by atoms with Crippen LogP contribution >= 0.6 is 0 Å². The lowest BCUT2D eigenvalue weighted by atomic mass is 10.4. The Morgan fingerprint density at radius 3 is 2.78 bits per heavy atom. The minimum absolute atomic E-state index is 0.732. The van der Waals surface area contributed by atoms with E-state index in [4.69, 9.17) is 5.73 Å². The van der Waals surface area contributed by atoms with Gasteiger partial charge in [-0.05, 0) is 18.0 Å². The van der Waals surface area contributed by atoms with Crippen LogP contribution in [0.4, 0.5) is 0 Å². The summed E-state index contributed by atoms with van der Waals surface area (Å²) < 4.78 is 1.90. The van der Waals surface area contributed by atoms with Gasteiger partial charge >= 0.3 is 6.01 Å². The predicted octanol–water partition coefficient (Wildman–Crippen LogP) is -0.219. The van der Waals surface area contributed by atoms with Crippen LogP contribution in [0.3, 0.4) is 0 Å². The van der Waals surface area contributed by atoms with Crippen LogP contribution in [-0.4, -0.2) is 37.8 Å². The Kier molecular flexibility index (Phi) is 5.07. The largest absolute Gasteiger partial charge is 0.330 e. The monoisotopic (exact) mass is 128 g/mol. The van der Waals surface area contributed by atoms with E-state index in [0.717, 1.165) is 19.5 Å². The van der Waals surface area contributed by atoms with Crippen LogP contribution in [-0.2, 0) is 0 Å². The topological polar surface area (TPSA) is 41.4 Å². The summed E-state index contributed by atoms with van der Waals surface area (Å²) in [6, 6.07) is 2.78. The molecule has 0 rings (SSSR count). The van der Waals surface area contributed by atoms with Gasteiger partial charge in [-0.25, -0.2) is 4.58 Å². The van der Waals surface area contributed by atoms with Gasteiger partial charge in [0.1, 0.15) is 7.05 Å². The molecule has 0 bridgehead atoms. The fourth-order valence-corrected chi connectivity index (χ4v) is 0.549. The first kappa shape index (κ1) is 8.34. The van der Waals surface area contributed by atoms with Gasteiger partial charge in [-0.2, -0.15) is 0 Å². The normalized spacial score (nSPS) is 8.33. The Morgan fingerprint density at radius 1 is 1.67 bits per heavy atom. The molecule has 0 atom stereocenters. The second-order valence-corrected chi connectivity index (χ2v) is 1.89. The fourth-order valence-electron chi connectivity index (χ4n) is 0.549. The fraction of sp³-hybridized carbons (Fsp3) is 0.833. The molecule has 3 heteroatoms. The quantitative estimate of drug-likeness (QED) is 0.414. The lowest BCUT2D eigenvalue weighted by molar-refractivity contribution is -0.491. The van der Waals surface area contributed by atoms with Crippen molar-refractivity contribution in [3.8, 4) is 0 Å². The Labute approximate surface area is 55.9 Å². The van der Waals surface area contributed by atoms with E-state index in [-0.39, 0.29) is 0 Å². The van der Waals surface area contributed by atoms with Crippen molar-refractivity contribution in [3.05, 3.63) is 0 Å². The average Bonchev–Trinajstić information content (AvgIpc) is 1.85. The summed E-state index contributed by atoms with van der Waals surface area (Å²) in [4.78, 5) is 3.72. The highest BCUT2D eigenvalue weighted by Crippen LogP contribution is 1.72. The van der Waals surface area contributed by atoms with Gasteiger partial charge in [-0.1, -0.05) is 0 Å². The van der Waals surface area contributed by atoms with Gasteiger partial charge in [0.15, 0.2) is 0 Å². The smallest absolute Gasteiger partial charge is 0.305 e. The average molecular weight is 128 g/mol. The molecule has 0 unspecified atom stereocenters. The number of nitrogens with two attached hydrogens (primary N) is 1. The predicted molar refractivity (Wildman–Crippen MR) is 38.1 cm³/mol. The number of aliphatic imine (C=N–C) groups is 1. The molecular formula is C6H14N3+. The maximum atomic E-state index is 5.29. The van der Waals surface area contributed by atoms with Gasteiger partial charge in [0.25, 0.3) is 0 Å². The lowest BCUT2D eigenvalue weighted by Crippen LogP contribution is -2.10. The summed E-state index contributed by atoms with van der Waals surface area (Å²) in [5.74, 6) is 0. The summed E-state index contributed by atoms with van der Waals surface area (Å²) in [5.41, 5.74) is 5.29. The van der Waals surface area contributed by atoms with Crippen molar-refractivity contribution < 1.29 is 4.58 Å². The third-order valence-electron chi connectivity index (χ3n) is 0.968. The number of hydrogen-bond acceptors (Lipinski definition) is 2. The highest BCUT2D eigenvalue weighted by Gasteiger charge is 1.87. The summed E-state index contributed by atoms with van der Waals surface area (Å²) in [5, 5.41) is 0. The van der Waals surface area contributed by atoms with E-state index in [1.165, 1.54) is 0 Å². The molecule has 0 saturated heterocycles. The Balaban J connectivity index is 3.50. The molecule has 0 heterocycles. The third kappa shape index (κ3) is 5.21. The van der Waals surface area contributed by atoms with Crippen LogP contribution < -0.4 is 5.73 Å². The first-order valence-electron chi connectivity index (χ1n) is 3.07. The van der Waals surface area contributed by atoms with Gasteiger partial charge in [0, 0.05) is 0 Å². The second-order valence-electron chi connectivity index (χ2n) is 1.89. The molecule has 0 aliphatic rings. The maximum absolute atomic E-state index is 5.29. The van der Waals surface area contributed by atoms with Gasteiger partial charge < -0.3 is 5.73 Å². The standard InChI is InChI=1S/C6H14N3/c1-8-6-9(2)5-3-4-7/h3-5,7H2,1-2H3/q+1. The zero-order valence-electron chi connectivity index (χ0n) is 6.09. The van der Waals surface area contributed by atoms with Crippen molar-refractivity contribution >= 4 is 6.01 Å². The van der Waals surface area contributed by atoms with E-state index >= 15 is 0 Å². The summed E-state index contributed by atoms with van der Waals surface area (Å²) >= 11 is 0. The Hall–Kier alpha value is -0.660. The third-order valence-corrected chi connectivity index (χ3v) is 0.968. The Morgan fingerprint density at radius 2 is 2.33 bits per heavy atom. The van der Waals surface area contributed by atoms with Gasteiger partial charge in [-0.3, -0.25) is 0 Å². The molecular weight excluding hydrogens is 114 g/mol. The van der Waals surface area contributed by atoms with E-state index in [2.05, 4.69) is 11.0 Å². The minimum atomic E-state index is 0.732. The van der Waals surface area contributed by atoms with Crippen LogP contribution in [0.25, 0.3) is 0 Å². The molecule has 9 heavy (non-hydrogen) atoms. The number of hydrogen-bond donors (Lipinski definition) is 1. The van der Waals surface area contributed by atoms with Gasteiger partial charge in [0.2, 0.25) is 0 Å². The van der Waals surface area contributed by atoms with Crippen molar-refractivity contribution in [2.24, 2.45) is 10.7 Å². The highest BCUT2D eigenvalue weighted by atomic mass is 15.0. The molecule has 0 fully saturated rings. The number of rotatable bonds is 3. The first-order valence-corrected chi connectivity index (χ1v) is 3.07. The molecule has 0 aliphatic heterocycles. The zero-order valence-corrected chi connectivity index (χ0v) is 6.09. The molecule has 0 amide bonds. The molecule has 0 spiro atoms. The molecule has 0 saturated carbocycles. The van der Waals surface area contributed by atoms with E-state index in [1.54, 1.807) is 7.05 Å².